The van der Waals surface area contributed by atoms with E-state index in [-0.39, 0.29) is 5.63 Å². The average molecular weight is 402 g/mol. The minimum absolute atomic E-state index is 0.272. The first kappa shape index (κ1) is 18.9. The lowest BCUT2D eigenvalue weighted by Gasteiger charge is -2.32. The molecule has 4 aromatic rings. The molecule has 1 N–H and O–H groups in total. The lowest BCUT2D eigenvalue weighted by Crippen LogP contribution is -2.32. The Balaban J connectivity index is 1.34. The first-order valence-corrected chi connectivity index (χ1v) is 10.5. The topological polar surface area (TPSA) is 58.5 Å². The second-order valence-electron chi connectivity index (χ2n) is 8.30. The minimum Gasteiger partial charge on any atom is -0.497 e. The number of aromatic amines is 1. The van der Waals surface area contributed by atoms with E-state index in [1.54, 1.807) is 13.2 Å². The number of fused-ring (bicyclic) bond motifs is 2. The summed E-state index contributed by atoms with van der Waals surface area (Å²) in [7, 11) is 1.71. The van der Waals surface area contributed by atoms with Gasteiger partial charge in [-0.25, -0.2) is 4.79 Å². The molecular formula is C25H26N2O3. The van der Waals surface area contributed by atoms with E-state index in [1.165, 1.54) is 10.9 Å². The lowest BCUT2D eigenvalue weighted by atomic mass is 9.89. The number of piperidine rings is 1. The SMILES string of the molecule is COc1ccc2[nH]cc(C3CCN(Cc4cc(=O)oc5cc(C)ccc45)CC3)c2c1. The van der Waals surface area contributed by atoms with Crippen LogP contribution in [0.4, 0.5) is 0 Å². The fourth-order valence-electron chi connectivity index (χ4n) is 4.70. The molecule has 2 aromatic carbocycles. The summed E-state index contributed by atoms with van der Waals surface area (Å²) in [4.78, 5) is 17.9. The molecule has 0 radical (unpaired) electrons. The number of likely N-dealkylation sites (tertiary alicyclic amines) is 1. The van der Waals surface area contributed by atoms with Crippen LogP contribution >= 0.6 is 0 Å². The Bertz CT molecular complexity index is 1260. The molecule has 2 aromatic heterocycles. The minimum atomic E-state index is -0.272. The highest BCUT2D eigenvalue weighted by Crippen LogP contribution is 2.35. The second kappa shape index (κ2) is 7.65. The summed E-state index contributed by atoms with van der Waals surface area (Å²) >= 11 is 0. The van der Waals surface area contributed by atoms with Gasteiger partial charge in [-0.1, -0.05) is 12.1 Å². The summed E-state index contributed by atoms with van der Waals surface area (Å²) in [6.07, 6.45) is 4.36. The predicted molar refractivity (Wildman–Crippen MR) is 119 cm³/mol. The molecule has 0 saturated carbocycles. The Morgan fingerprint density at radius 1 is 1.10 bits per heavy atom. The van der Waals surface area contributed by atoms with Gasteiger partial charge in [0.1, 0.15) is 11.3 Å². The zero-order valence-corrected chi connectivity index (χ0v) is 17.4. The highest BCUT2D eigenvalue weighted by molar-refractivity contribution is 5.85. The molecule has 0 unspecified atom stereocenters. The van der Waals surface area contributed by atoms with Crippen molar-refractivity contribution < 1.29 is 9.15 Å². The first-order valence-electron chi connectivity index (χ1n) is 10.5. The average Bonchev–Trinajstić information content (AvgIpc) is 3.17. The number of ether oxygens (including phenoxy) is 1. The molecule has 1 saturated heterocycles. The first-order chi connectivity index (χ1) is 14.6. The molecule has 0 amide bonds. The van der Waals surface area contributed by atoms with Crippen LogP contribution in [0.25, 0.3) is 21.9 Å². The number of methoxy groups -OCH3 is 1. The number of nitrogens with one attached hydrogen (secondary N) is 1. The van der Waals surface area contributed by atoms with Crippen LogP contribution in [-0.4, -0.2) is 30.1 Å². The summed E-state index contributed by atoms with van der Waals surface area (Å²) in [6, 6.07) is 13.9. The van der Waals surface area contributed by atoms with Crippen molar-refractivity contribution >= 4 is 21.9 Å². The summed E-state index contributed by atoms with van der Waals surface area (Å²) in [5.41, 5.74) is 5.09. The van der Waals surface area contributed by atoms with Crippen molar-refractivity contribution in [3.05, 3.63) is 75.8 Å². The van der Waals surface area contributed by atoms with E-state index in [9.17, 15) is 4.79 Å². The molecule has 3 heterocycles. The number of H-pyrrole nitrogens is 1. The van der Waals surface area contributed by atoms with E-state index in [0.717, 1.165) is 60.3 Å². The maximum Gasteiger partial charge on any atom is 0.336 e. The van der Waals surface area contributed by atoms with Crippen molar-refractivity contribution in [2.24, 2.45) is 0 Å². The molecule has 30 heavy (non-hydrogen) atoms. The van der Waals surface area contributed by atoms with Crippen LogP contribution in [0, 0.1) is 6.92 Å². The van der Waals surface area contributed by atoms with Crippen molar-refractivity contribution in [3.63, 3.8) is 0 Å². The molecule has 154 valence electrons. The van der Waals surface area contributed by atoms with Crippen LogP contribution in [0.1, 0.15) is 35.4 Å². The van der Waals surface area contributed by atoms with Crippen LogP contribution in [0.2, 0.25) is 0 Å². The van der Waals surface area contributed by atoms with Gasteiger partial charge in [0.2, 0.25) is 0 Å². The summed E-state index contributed by atoms with van der Waals surface area (Å²) in [6.45, 7) is 4.81. The smallest absolute Gasteiger partial charge is 0.336 e. The summed E-state index contributed by atoms with van der Waals surface area (Å²) in [5, 5.41) is 2.29. The molecule has 0 atom stereocenters. The quantitative estimate of drug-likeness (QED) is 0.490. The number of hydrogen-bond donors (Lipinski definition) is 1. The van der Waals surface area contributed by atoms with E-state index in [2.05, 4.69) is 40.3 Å². The van der Waals surface area contributed by atoms with Gasteiger partial charge in [-0.3, -0.25) is 4.90 Å². The third kappa shape index (κ3) is 3.50. The molecular weight excluding hydrogens is 376 g/mol. The maximum atomic E-state index is 12.0. The molecule has 5 rings (SSSR count). The van der Waals surface area contributed by atoms with Gasteiger partial charge in [0.15, 0.2) is 0 Å². The number of nitrogens with zero attached hydrogens (tertiary/aromatic N) is 1. The number of aryl methyl sites for hydroxylation is 1. The zero-order valence-electron chi connectivity index (χ0n) is 17.4. The van der Waals surface area contributed by atoms with Gasteiger partial charge in [0.05, 0.1) is 7.11 Å². The van der Waals surface area contributed by atoms with Gasteiger partial charge >= 0.3 is 5.63 Å². The Morgan fingerprint density at radius 3 is 2.73 bits per heavy atom. The Kier molecular flexibility index (Phi) is 4.83. The zero-order chi connectivity index (χ0) is 20.7. The van der Waals surface area contributed by atoms with Crippen LogP contribution in [-0.2, 0) is 6.54 Å². The highest BCUT2D eigenvalue weighted by atomic mass is 16.5. The fourth-order valence-corrected chi connectivity index (χ4v) is 4.70. The van der Waals surface area contributed by atoms with E-state index < -0.39 is 0 Å². The van der Waals surface area contributed by atoms with E-state index in [0.29, 0.717) is 11.5 Å². The predicted octanol–water partition coefficient (Wildman–Crippen LogP) is 4.97. The molecule has 5 heteroatoms. The lowest BCUT2D eigenvalue weighted by molar-refractivity contribution is 0.205. The Morgan fingerprint density at radius 2 is 1.93 bits per heavy atom. The molecule has 0 bridgehead atoms. The van der Waals surface area contributed by atoms with Crippen LogP contribution < -0.4 is 10.4 Å². The normalized spacial score (nSPS) is 15.8. The van der Waals surface area contributed by atoms with E-state index in [1.807, 2.05) is 19.1 Å². The molecule has 1 fully saturated rings. The Labute approximate surface area is 175 Å². The van der Waals surface area contributed by atoms with Crippen molar-refractivity contribution in [1.82, 2.24) is 9.88 Å². The molecule has 0 aliphatic carbocycles. The van der Waals surface area contributed by atoms with Crippen molar-refractivity contribution in [2.45, 2.75) is 32.2 Å². The molecule has 5 nitrogen and oxygen atoms in total. The molecule has 0 spiro atoms. The molecule has 1 aliphatic rings. The monoisotopic (exact) mass is 402 g/mol. The largest absolute Gasteiger partial charge is 0.497 e. The van der Waals surface area contributed by atoms with Gasteiger partial charge in [-0.15, -0.1) is 0 Å². The number of benzene rings is 2. The van der Waals surface area contributed by atoms with Crippen LogP contribution in [0.3, 0.4) is 0 Å². The van der Waals surface area contributed by atoms with Crippen molar-refractivity contribution in [2.75, 3.05) is 20.2 Å². The van der Waals surface area contributed by atoms with Gasteiger partial charge in [-0.05, 0) is 79.7 Å². The van der Waals surface area contributed by atoms with Gasteiger partial charge < -0.3 is 14.1 Å². The van der Waals surface area contributed by atoms with Crippen LogP contribution in [0.5, 0.6) is 5.75 Å². The molecule has 1 aliphatic heterocycles. The number of aromatic nitrogens is 1. The van der Waals surface area contributed by atoms with Gasteiger partial charge in [-0.2, -0.15) is 0 Å². The van der Waals surface area contributed by atoms with Crippen LogP contribution in [0.15, 0.2) is 57.9 Å². The standard InChI is InChI=1S/C25H26N2O3/c1-16-3-5-20-18(12-25(28)30-24(20)11-16)15-27-9-7-17(8-10-27)22-14-26-23-6-4-19(29-2)13-21(22)23/h3-6,11-14,17,26H,7-10,15H2,1-2H3. The van der Waals surface area contributed by atoms with Crippen molar-refractivity contribution in [1.29, 1.82) is 0 Å². The van der Waals surface area contributed by atoms with E-state index in [4.69, 9.17) is 9.15 Å². The number of rotatable bonds is 4. The van der Waals surface area contributed by atoms with Gasteiger partial charge in [0, 0.05) is 35.1 Å². The van der Waals surface area contributed by atoms with E-state index >= 15 is 0 Å². The third-order valence-electron chi connectivity index (χ3n) is 6.33. The Hall–Kier alpha value is -3.05. The third-order valence-corrected chi connectivity index (χ3v) is 6.33. The van der Waals surface area contributed by atoms with Gasteiger partial charge in [0.25, 0.3) is 0 Å². The second-order valence-corrected chi connectivity index (χ2v) is 8.30. The number of hydrogen-bond acceptors (Lipinski definition) is 4. The highest BCUT2D eigenvalue weighted by Gasteiger charge is 2.23. The summed E-state index contributed by atoms with van der Waals surface area (Å²) in [5.74, 6) is 1.42. The van der Waals surface area contributed by atoms with Crippen molar-refractivity contribution in [3.8, 4) is 5.75 Å². The summed E-state index contributed by atoms with van der Waals surface area (Å²) < 4.78 is 10.8. The fraction of sp³-hybridized carbons (Fsp3) is 0.320. The maximum absolute atomic E-state index is 12.0.